The number of hydrogen-bond donors (Lipinski definition) is 1. The lowest BCUT2D eigenvalue weighted by atomic mass is 9.93. The average molecular weight is 230 g/mol. The van der Waals surface area contributed by atoms with Crippen molar-refractivity contribution in [2.45, 2.75) is 25.9 Å². The molecule has 0 radical (unpaired) electrons. The van der Waals surface area contributed by atoms with Gasteiger partial charge in [-0.05, 0) is 50.9 Å². The van der Waals surface area contributed by atoms with Crippen LogP contribution in [0.15, 0.2) is 24.3 Å². The van der Waals surface area contributed by atoms with Crippen molar-refractivity contribution in [3.8, 4) is 11.8 Å². The van der Waals surface area contributed by atoms with Crippen LogP contribution in [0.5, 0.6) is 5.75 Å². The van der Waals surface area contributed by atoms with Gasteiger partial charge in [0.2, 0.25) is 0 Å². The fraction of sp³-hybridized carbons (Fsp3) is 0.500. The molecule has 3 nitrogen and oxygen atoms in total. The van der Waals surface area contributed by atoms with E-state index in [0.717, 1.165) is 25.9 Å². The van der Waals surface area contributed by atoms with E-state index in [1.54, 1.807) is 6.07 Å². The van der Waals surface area contributed by atoms with Gasteiger partial charge in [-0.15, -0.1) is 0 Å². The van der Waals surface area contributed by atoms with Crippen molar-refractivity contribution in [1.82, 2.24) is 5.32 Å². The molecule has 0 spiro atoms. The Labute approximate surface area is 102 Å². The van der Waals surface area contributed by atoms with Crippen LogP contribution in [-0.2, 0) is 0 Å². The van der Waals surface area contributed by atoms with Crippen LogP contribution in [0.25, 0.3) is 0 Å². The van der Waals surface area contributed by atoms with E-state index in [1.165, 1.54) is 0 Å². The first-order valence-corrected chi connectivity index (χ1v) is 6.18. The lowest BCUT2D eigenvalue weighted by molar-refractivity contribution is 0.128. The fourth-order valence-corrected chi connectivity index (χ4v) is 2.27. The Hall–Kier alpha value is -1.53. The van der Waals surface area contributed by atoms with Gasteiger partial charge in [0.15, 0.2) is 0 Å². The largest absolute Gasteiger partial charge is 0.489 e. The van der Waals surface area contributed by atoms with Gasteiger partial charge >= 0.3 is 0 Å². The SMILES string of the molecule is CC(Oc1ccccc1C#N)C1CCNCC1. The lowest BCUT2D eigenvalue weighted by Gasteiger charge is -2.28. The molecule has 90 valence electrons. The third-order valence-corrected chi connectivity index (χ3v) is 3.37. The Balaban J connectivity index is 2.02. The molecule has 1 unspecified atom stereocenters. The number of para-hydroxylation sites is 1. The number of nitrogens with zero attached hydrogens (tertiary/aromatic N) is 1. The highest BCUT2D eigenvalue weighted by molar-refractivity contribution is 5.42. The van der Waals surface area contributed by atoms with Gasteiger partial charge in [-0.3, -0.25) is 0 Å². The molecule has 1 atom stereocenters. The molecular weight excluding hydrogens is 212 g/mol. The van der Waals surface area contributed by atoms with Gasteiger partial charge in [-0.25, -0.2) is 0 Å². The molecule has 0 bridgehead atoms. The number of nitriles is 1. The van der Waals surface area contributed by atoms with Crippen LogP contribution >= 0.6 is 0 Å². The second-order valence-corrected chi connectivity index (χ2v) is 4.52. The van der Waals surface area contributed by atoms with Crippen molar-refractivity contribution in [2.24, 2.45) is 5.92 Å². The number of nitrogens with one attached hydrogen (secondary N) is 1. The second kappa shape index (κ2) is 5.70. The van der Waals surface area contributed by atoms with Crippen LogP contribution in [-0.4, -0.2) is 19.2 Å². The third kappa shape index (κ3) is 2.98. The van der Waals surface area contributed by atoms with Crippen molar-refractivity contribution in [2.75, 3.05) is 13.1 Å². The summed E-state index contributed by atoms with van der Waals surface area (Å²) in [6.45, 7) is 4.24. The van der Waals surface area contributed by atoms with Crippen molar-refractivity contribution in [1.29, 1.82) is 5.26 Å². The van der Waals surface area contributed by atoms with Crippen molar-refractivity contribution < 1.29 is 4.74 Å². The van der Waals surface area contributed by atoms with Crippen LogP contribution in [0.1, 0.15) is 25.3 Å². The van der Waals surface area contributed by atoms with Gasteiger partial charge in [0.25, 0.3) is 0 Å². The quantitative estimate of drug-likeness (QED) is 0.866. The van der Waals surface area contributed by atoms with E-state index in [0.29, 0.717) is 17.2 Å². The van der Waals surface area contributed by atoms with Crippen LogP contribution in [0.3, 0.4) is 0 Å². The average Bonchev–Trinajstić information content (AvgIpc) is 2.40. The molecular formula is C14H18N2O. The molecule has 1 N–H and O–H groups in total. The summed E-state index contributed by atoms with van der Waals surface area (Å²) in [5.74, 6) is 1.30. The minimum Gasteiger partial charge on any atom is -0.489 e. The molecule has 0 saturated carbocycles. The molecule has 0 aliphatic carbocycles. The second-order valence-electron chi connectivity index (χ2n) is 4.52. The zero-order valence-electron chi connectivity index (χ0n) is 10.1. The van der Waals surface area contributed by atoms with Crippen molar-refractivity contribution >= 4 is 0 Å². The normalized spacial score (nSPS) is 18.4. The molecule has 1 aliphatic rings. The highest BCUT2D eigenvalue weighted by Crippen LogP contribution is 2.24. The van der Waals surface area contributed by atoms with E-state index in [1.807, 2.05) is 18.2 Å². The van der Waals surface area contributed by atoms with E-state index >= 15 is 0 Å². The number of ether oxygens (including phenoxy) is 1. The Kier molecular flexibility index (Phi) is 4.00. The zero-order chi connectivity index (χ0) is 12.1. The molecule has 0 amide bonds. The van der Waals surface area contributed by atoms with E-state index in [-0.39, 0.29) is 6.10 Å². The van der Waals surface area contributed by atoms with Crippen LogP contribution < -0.4 is 10.1 Å². The van der Waals surface area contributed by atoms with Gasteiger partial charge in [-0.2, -0.15) is 5.26 Å². The Morgan fingerprint density at radius 3 is 2.76 bits per heavy atom. The van der Waals surface area contributed by atoms with E-state index in [9.17, 15) is 0 Å². The minimum atomic E-state index is 0.173. The highest BCUT2D eigenvalue weighted by Gasteiger charge is 2.21. The number of piperidine rings is 1. The van der Waals surface area contributed by atoms with Gasteiger partial charge in [0, 0.05) is 0 Å². The first-order chi connectivity index (χ1) is 8.31. The number of benzene rings is 1. The summed E-state index contributed by atoms with van der Waals surface area (Å²) in [6.07, 6.45) is 2.47. The van der Waals surface area contributed by atoms with Gasteiger partial charge in [-0.1, -0.05) is 12.1 Å². The molecule has 0 aromatic heterocycles. The minimum absolute atomic E-state index is 0.173. The summed E-state index contributed by atoms with van der Waals surface area (Å²) >= 11 is 0. The number of rotatable bonds is 3. The van der Waals surface area contributed by atoms with E-state index < -0.39 is 0 Å². The zero-order valence-corrected chi connectivity index (χ0v) is 10.1. The predicted molar refractivity (Wildman–Crippen MR) is 66.8 cm³/mol. The van der Waals surface area contributed by atoms with Crippen LogP contribution in [0.4, 0.5) is 0 Å². The summed E-state index contributed by atoms with van der Waals surface area (Å²) in [6, 6.07) is 9.60. The summed E-state index contributed by atoms with van der Waals surface area (Å²) in [5, 5.41) is 12.3. The lowest BCUT2D eigenvalue weighted by Crippen LogP contribution is -2.35. The summed E-state index contributed by atoms with van der Waals surface area (Å²) < 4.78 is 5.93. The van der Waals surface area contributed by atoms with E-state index in [4.69, 9.17) is 10.00 Å². The molecule has 17 heavy (non-hydrogen) atoms. The van der Waals surface area contributed by atoms with Crippen LogP contribution in [0.2, 0.25) is 0 Å². The maximum absolute atomic E-state index is 9.00. The third-order valence-electron chi connectivity index (χ3n) is 3.37. The van der Waals surface area contributed by atoms with E-state index in [2.05, 4.69) is 18.3 Å². The maximum Gasteiger partial charge on any atom is 0.137 e. The molecule has 1 fully saturated rings. The van der Waals surface area contributed by atoms with Crippen molar-refractivity contribution in [3.05, 3.63) is 29.8 Å². The predicted octanol–water partition coefficient (Wildman–Crippen LogP) is 2.33. The van der Waals surface area contributed by atoms with Crippen LogP contribution in [0, 0.1) is 17.2 Å². The standard InChI is InChI=1S/C14H18N2O/c1-11(12-6-8-16-9-7-12)17-14-5-3-2-4-13(14)10-15/h2-5,11-12,16H,6-9H2,1H3. The molecule has 1 heterocycles. The summed E-state index contributed by atoms with van der Waals surface area (Å²) in [4.78, 5) is 0. The highest BCUT2D eigenvalue weighted by atomic mass is 16.5. The summed E-state index contributed by atoms with van der Waals surface area (Å²) in [5.41, 5.74) is 0.619. The van der Waals surface area contributed by atoms with Gasteiger partial charge in [0.1, 0.15) is 11.8 Å². The first-order valence-electron chi connectivity index (χ1n) is 6.18. The molecule has 1 aromatic rings. The monoisotopic (exact) mass is 230 g/mol. The topological polar surface area (TPSA) is 45.0 Å². The molecule has 2 rings (SSSR count). The molecule has 1 saturated heterocycles. The maximum atomic E-state index is 9.00. The number of hydrogen-bond acceptors (Lipinski definition) is 3. The molecule has 3 heteroatoms. The smallest absolute Gasteiger partial charge is 0.137 e. The first kappa shape index (κ1) is 11.9. The Morgan fingerprint density at radius 2 is 2.06 bits per heavy atom. The van der Waals surface area contributed by atoms with Gasteiger partial charge in [0.05, 0.1) is 11.7 Å². The van der Waals surface area contributed by atoms with Gasteiger partial charge < -0.3 is 10.1 Å². The van der Waals surface area contributed by atoms with Crippen molar-refractivity contribution in [3.63, 3.8) is 0 Å². The Bertz CT molecular complexity index is 405. The summed E-state index contributed by atoms with van der Waals surface area (Å²) in [7, 11) is 0. The Morgan fingerprint density at radius 1 is 1.35 bits per heavy atom. The fourth-order valence-electron chi connectivity index (χ4n) is 2.27. The molecule has 1 aromatic carbocycles. The molecule has 1 aliphatic heterocycles.